The standard InChI is InChI=1S/C15H14FN3O3.C12H14FN3O.C6H10O3/c1-8(2)22-15-13-11(20)7-12(21)17-14(13)19(18-15)10-5-3-9(16)4-6-10;1-8(2)17-12-7-11(14)16(15-12)10-5-3-9(13)4-6-10;1-3-9-6(8)4-5(2)7/h3-8H,1-2H3,(H2,17,20,21);3-8H,14H2,1-2H3;3-4H2,1-2H3. The molecule has 3 aromatic heterocycles. The van der Waals surface area contributed by atoms with Crippen LogP contribution in [0.25, 0.3) is 22.4 Å². The summed E-state index contributed by atoms with van der Waals surface area (Å²) < 4.78 is 44.3. The summed E-state index contributed by atoms with van der Waals surface area (Å²) in [7, 11) is 0. The van der Waals surface area contributed by atoms with Crippen LogP contribution in [0.3, 0.4) is 0 Å². The average molecular weight is 669 g/mol. The zero-order chi connectivity index (χ0) is 35.5. The van der Waals surface area contributed by atoms with Crippen molar-refractivity contribution >= 4 is 28.6 Å². The molecule has 5 aromatic rings. The lowest BCUT2D eigenvalue weighted by molar-refractivity contribution is -0.145. The number of aromatic nitrogens is 5. The number of nitrogens with zero attached hydrogens (tertiary/aromatic N) is 4. The molecule has 15 heteroatoms. The van der Waals surface area contributed by atoms with Gasteiger partial charge in [-0.3, -0.25) is 14.4 Å². The quantitative estimate of drug-likeness (QED) is 0.139. The topological polar surface area (TPSA) is 177 Å². The van der Waals surface area contributed by atoms with Gasteiger partial charge in [0.1, 0.15) is 40.8 Å². The van der Waals surface area contributed by atoms with E-state index in [1.54, 1.807) is 25.1 Å². The van der Waals surface area contributed by atoms with Crippen LogP contribution in [0.15, 0.2) is 65.5 Å². The number of rotatable bonds is 9. The normalized spacial score (nSPS) is 10.6. The van der Waals surface area contributed by atoms with E-state index in [1.165, 1.54) is 52.7 Å². The monoisotopic (exact) mass is 668 g/mol. The SMILES string of the molecule is CC(C)Oc1cc(N)n(-c2ccc(F)cc2)n1.CC(C)Oc1nn(-c2ccc(F)cc2)c2[nH]c(=O)cc(O)c12.CCOC(=O)CC(C)=O. The molecule has 0 saturated carbocycles. The highest BCUT2D eigenvalue weighted by Gasteiger charge is 2.19. The van der Waals surface area contributed by atoms with Crippen LogP contribution in [0.5, 0.6) is 17.5 Å². The van der Waals surface area contributed by atoms with Crippen molar-refractivity contribution in [3.63, 3.8) is 0 Å². The van der Waals surface area contributed by atoms with E-state index in [0.717, 1.165) is 6.07 Å². The van der Waals surface area contributed by atoms with Gasteiger partial charge in [-0.2, -0.15) is 0 Å². The van der Waals surface area contributed by atoms with Gasteiger partial charge < -0.3 is 30.0 Å². The maximum Gasteiger partial charge on any atom is 0.313 e. The molecular formula is C33H38F2N6O7. The van der Waals surface area contributed by atoms with Gasteiger partial charge in [-0.1, -0.05) is 0 Å². The molecule has 0 aliphatic carbocycles. The maximum absolute atomic E-state index is 13.1. The van der Waals surface area contributed by atoms with E-state index in [9.17, 15) is 28.3 Å². The molecule has 13 nitrogen and oxygen atoms in total. The van der Waals surface area contributed by atoms with Crippen LogP contribution in [0.1, 0.15) is 48.0 Å². The second kappa shape index (κ2) is 16.7. The third kappa shape index (κ3) is 10.4. The molecule has 0 saturated heterocycles. The first-order valence-electron chi connectivity index (χ1n) is 14.9. The van der Waals surface area contributed by atoms with E-state index in [-0.39, 0.29) is 53.3 Å². The summed E-state index contributed by atoms with van der Waals surface area (Å²) in [5.41, 5.74) is 6.86. The van der Waals surface area contributed by atoms with E-state index < -0.39 is 11.5 Å². The number of aromatic hydroxyl groups is 1. The number of halogens is 2. The van der Waals surface area contributed by atoms with Crippen molar-refractivity contribution in [3.8, 4) is 28.9 Å². The smallest absolute Gasteiger partial charge is 0.313 e. The Morgan fingerprint density at radius 2 is 1.44 bits per heavy atom. The number of nitrogen functional groups attached to an aromatic ring is 1. The van der Waals surface area contributed by atoms with Crippen LogP contribution in [0.2, 0.25) is 0 Å². The number of aromatic amines is 1. The van der Waals surface area contributed by atoms with Crippen LogP contribution in [-0.4, -0.2) is 60.2 Å². The number of pyridine rings is 1. The highest BCUT2D eigenvalue weighted by Crippen LogP contribution is 2.32. The number of hydrogen-bond donors (Lipinski definition) is 3. The Morgan fingerprint density at radius 1 is 0.896 bits per heavy atom. The number of Topliss-reactive ketones (excluding diaryl/α,β-unsaturated/α-hetero) is 1. The Morgan fingerprint density at radius 3 is 1.94 bits per heavy atom. The van der Waals surface area contributed by atoms with Gasteiger partial charge in [-0.05, 0) is 90.1 Å². The van der Waals surface area contributed by atoms with Crippen molar-refractivity contribution in [1.82, 2.24) is 24.5 Å². The molecule has 0 aliphatic rings. The Balaban J connectivity index is 0.000000214. The second-order valence-electron chi connectivity index (χ2n) is 10.7. The molecule has 256 valence electrons. The minimum atomic E-state index is -0.468. The van der Waals surface area contributed by atoms with Crippen molar-refractivity contribution in [2.24, 2.45) is 0 Å². The number of benzene rings is 2. The zero-order valence-electron chi connectivity index (χ0n) is 27.4. The van der Waals surface area contributed by atoms with Gasteiger partial charge in [0.25, 0.3) is 5.56 Å². The van der Waals surface area contributed by atoms with E-state index >= 15 is 0 Å². The number of ether oxygens (including phenoxy) is 3. The van der Waals surface area contributed by atoms with Gasteiger partial charge in [-0.25, -0.2) is 18.1 Å². The molecule has 5 rings (SSSR count). The van der Waals surface area contributed by atoms with Gasteiger partial charge in [0.15, 0.2) is 5.65 Å². The molecular weight excluding hydrogens is 630 g/mol. The molecule has 48 heavy (non-hydrogen) atoms. The minimum Gasteiger partial charge on any atom is -0.507 e. The van der Waals surface area contributed by atoms with Crippen LogP contribution in [0.4, 0.5) is 14.6 Å². The summed E-state index contributed by atoms with van der Waals surface area (Å²) in [6.07, 6.45) is -0.231. The second-order valence-corrected chi connectivity index (χ2v) is 10.7. The highest BCUT2D eigenvalue weighted by molar-refractivity contribution is 5.94. The average Bonchev–Trinajstić information content (AvgIpc) is 3.53. The first-order chi connectivity index (χ1) is 22.7. The fourth-order valence-electron chi connectivity index (χ4n) is 4.04. The van der Waals surface area contributed by atoms with Gasteiger partial charge in [0.2, 0.25) is 11.8 Å². The molecule has 0 radical (unpaired) electrons. The van der Waals surface area contributed by atoms with E-state index in [0.29, 0.717) is 35.1 Å². The Labute approximate surface area is 274 Å². The zero-order valence-corrected chi connectivity index (χ0v) is 27.4. The van der Waals surface area contributed by atoms with Crippen LogP contribution in [0, 0.1) is 11.6 Å². The molecule has 2 aromatic carbocycles. The summed E-state index contributed by atoms with van der Waals surface area (Å²) in [5.74, 6) is -0.383. The van der Waals surface area contributed by atoms with Crippen LogP contribution >= 0.6 is 0 Å². The maximum atomic E-state index is 13.1. The molecule has 0 atom stereocenters. The van der Waals surface area contributed by atoms with Crippen molar-refractivity contribution in [2.75, 3.05) is 12.3 Å². The summed E-state index contributed by atoms with van der Waals surface area (Å²) in [6.45, 7) is 10.9. The summed E-state index contributed by atoms with van der Waals surface area (Å²) in [5, 5.41) is 18.8. The molecule has 0 fully saturated rings. The summed E-state index contributed by atoms with van der Waals surface area (Å²) in [6, 6.07) is 14.2. The first-order valence-corrected chi connectivity index (χ1v) is 14.9. The van der Waals surface area contributed by atoms with E-state index in [1.807, 2.05) is 27.7 Å². The number of carbonyl (C=O) groups is 2. The van der Waals surface area contributed by atoms with Gasteiger partial charge in [0, 0.05) is 12.1 Å². The van der Waals surface area contributed by atoms with Crippen LogP contribution < -0.4 is 20.8 Å². The first kappa shape index (κ1) is 36.7. The number of ketones is 1. The lowest BCUT2D eigenvalue weighted by Gasteiger charge is -2.06. The van der Waals surface area contributed by atoms with Gasteiger partial charge >= 0.3 is 5.97 Å². The fourth-order valence-corrected chi connectivity index (χ4v) is 4.04. The van der Waals surface area contributed by atoms with E-state index in [4.69, 9.17) is 15.2 Å². The predicted octanol–water partition coefficient (Wildman–Crippen LogP) is 5.26. The molecule has 0 aliphatic heterocycles. The Bertz CT molecular complexity index is 1880. The number of carbonyl (C=O) groups excluding carboxylic acids is 2. The molecule has 0 amide bonds. The summed E-state index contributed by atoms with van der Waals surface area (Å²) >= 11 is 0. The van der Waals surface area contributed by atoms with Gasteiger partial charge in [0.05, 0.1) is 30.2 Å². The number of nitrogens with one attached hydrogen (secondary N) is 1. The lowest BCUT2D eigenvalue weighted by atomic mass is 10.3. The number of H-pyrrole nitrogens is 1. The number of hydrogen-bond acceptors (Lipinski definition) is 10. The van der Waals surface area contributed by atoms with Crippen molar-refractivity contribution in [2.45, 2.75) is 60.2 Å². The molecule has 0 unspecified atom stereocenters. The Kier molecular flexibility index (Phi) is 12.8. The molecule has 0 spiro atoms. The lowest BCUT2D eigenvalue weighted by Crippen LogP contribution is -2.07. The number of nitrogens with two attached hydrogens (primary N) is 1. The molecule has 4 N–H and O–H groups in total. The van der Waals surface area contributed by atoms with Crippen LogP contribution in [-0.2, 0) is 14.3 Å². The Hall–Kier alpha value is -5.73. The largest absolute Gasteiger partial charge is 0.507 e. The predicted molar refractivity (Wildman–Crippen MR) is 175 cm³/mol. The van der Waals surface area contributed by atoms with Gasteiger partial charge in [-0.15, -0.1) is 10.2 Å². The molecule has 0 bridgehead atoms. The highest BCUT2D eigenvalue weighted by atomic mass is 19.1. The third-order valence-electron chi connectivity index (χ3n) is 5.88. The number of esters is 1. The minimum absolute atomic E-state index is 0.0333. The van der Waals surface area contributed by atoms with E-state index in [2.05, 4.69) is 19.9 Å². The van der Waals surface area contributed by atoms with Crippen molar-refractivity contribution in [1.29, 1.82) is 0 Å². The third-order valence-corrected chi connectivity index (χ3v) is 5.88. The fraction of sp³-hybridized carbons (Fsp3) is 0.303. The van der Waals surface area contributed by atoms with Crippen molar-refractivity contribution < 1.29 is 37.7 Å². The van der Waals surface area contributed by atoms with Crippen molar-refractivity contribution in [3.05, 3.63) is 82.7 Å². The number of anilines is 1. The number of fused-ring (bicyclic) bond motifs is 1. The summed E-state index contributed by atoms with van der Waals surface area (Å²) in [4.78, 5) is 34.9. The molecule has 3 heterocycles.